The van der Waals surface area contributed by atoms with E-state index in [2.05, 4.69) is 5.32 Å². The average Bonchev–Trinajstić information content (AvgIpc) is 2.93. The lowest BCUT2D eigenvalue weighted by molar-refractivity contribution is -0.140. The Bertz CT molecular complexity index is 1440. The lowest BCUT2D eigenvalue weighted by atomic mass is 10.0. The van der Waals surface area contributed by atoms with Crippen LogP contribution >= 0.6 is 0 Å². The predicted octanol–water partition coefficient (Wildman–Crippen LogP) is 3.94. The Morgan fingerprint density at radius 1 is 0.902 bits per heavy atom. The van der Waals surface area contributed by atoms with Crippen LogP contribution in [0.2, 0.25) is 0 Å². The summed E-state index contributed by atoms with van der Waals surface area (Å²) in [5.74, 6) is -0.0947. The number of rotatable bonds is 13. The van der Waals surface area contributed by atoms with Gasteiger partial charge in [0.2, 0.25) is 21.8 Å². The Morgan fingerprint density at radius 3 is 2.12 bits per heavy atom. The van der Waals surface area contributed by atoms with Gasteiger partial charge in [0.1, 0.15) is 12.6 Å². The monoisotopic (exact) mass is 581 g/mol. The van der Waals surface area contributed by atoms with Gasteiger partial charge in [-0.2, -0.15) is 0 Å². The quantitative estimate of drug-likeness (QED) is 0.328. The molecule has 1 atom stereocenters. The first kappa shape index (κ1) is 31.5. The normalized spacial score (nSPS) is 12.0. The third-order valence-electron chi connectivity index (χ3n) is 6.64. The number of hydrogen-bond donors (Lipinski definition) is 1. The van der Waals surface area contributed by atoms with Gasteiger partial charge in [-0.15, -0.1) is 0 Å². The fourth-order valence-corrected chi connectivity index (χ4v) is 5.34. The number of ether oxygens (including phenoxy) is 2. The maximum Gasteiger partial charge on any atom is 0.244 e. The maximum absolute atomic E-state index is 14.2. The Hall–Kier alpha value is -4.05. The zero-order valence-corrected chi connectivity index (χ0v) is 25.3. The van der Waals surface area contributed by atoms with Crippen LogP contribution in [0.3, 0.4) is 0 Å². The smallest absolute Gasteiger partial charge is 0.244 e. The highest BCUT2D eigenvalue weighted by Gasteiger charge is 2.33. The molecule has 2 amide bonds. The summed E-state index contributed by atoms with van der Waals surface area (Å²) in [4.78, 5) is 29.3. The van der Waals surface area contributed by atoms with Crippen molar-refractivity contribution in [2.45, 2.75) is 45.8 Å². The number of hydrogen-bond acceptors (Lipinski definition) is 6. The summed E-state index contributed by atoms with van der Waals surface area (Å²) < 4.78 is 37.7. The molecule has 9 nitrogen and oxygen atoms in total. The number of carbonyl (C=O) groups is 2. The molecule has 1 N–H and O–H groups in total. The summed E-state index contributed by atoms with van der Waals surface area (Å²) in [7, 11) is -0.980. The van der Waals surface area contributed by atoms with Crippen molar-refractivity contribution in [1.82, 2.24) is 10.2 Å². The molecule has 0 saturated heterocycles. The number of nitrogens with zero attached hydrogens (tertiary/aromatic N) is 2. The van der Waals surface area contributed by atoms with Crippen molar-refractivity contribution in [2.75, 3.05) is 31.3 Å². The molecule has 0 aliphatic carbocycles. The Kier molecular flexibility index (Phi) is 10.8. The molecular formula is C31H39N3O6S. The number of benzene rings is 3. The zero-order valence-electron chi connectivity index (χ0n) is 24.5. The van der Waals surface area contributed by atoms with Gasteiger partial charge in [0.15, 0.2) is 11.5 Å². The van der Waals surface area contributed by atoms with Crippen molar-refractivity contribution in [3.63, 3.8) is 0 Å². The van der Waals surface area contributed by atoms with E-state index in [1.807, 2.05) is 75.4 Å². The van der Waals surface area contributed by atoms with E-state index >= 15 is 0 Å². The van der Waals surface area contributed by atoms with E-state index in [1.54, 1.807) is 12.1 Å². The van der Waals surface area contributed by atoms with Gasteiger partial charge in [0.05, 0.1) is 26.2 Å². The second-order valence-corrected chi connectivity index (χ2v) is 12.0. The van der Waals surface area contributed by atoms with Crippen molar-refractivity contribution in [1.29, 1.82) is 0 Å². The molecule has 41 heavy (non-hydrogen) atoms. The van der Waals surface area contributed by atoms with Crippen LogP contribution in [0.15, 0.2) is 72.8 Å². The molecule has 0 radical (unpaired) electrons. The van der Waals surface area contributed by atoms with Gasteiger partial charge in [0, 0.05) is 25.1 Å². The van der Waals surface area contributed by atoms with Crippen LogP contribution in [-0.4, -0.2) is 64.2 Å². The van der Waals surface area contributed by atoms with Crippen molar-refractivity contribution in [3.05, 3.63) is 89.5 Å². The largest absolute Gasteiger partial charge is 0.493 e. The molecule has 3 rings (SSSR count). The second-order valence-electron chi connectivity index (χ2n) is 10.1. The van der Waals surface area contributed by atoms with Crippen LogP contribution in [-0.2, 0) is 32.6 Å². The summed E-state index contributed by atoms with van der Waals surface area (Å²) in [6.07, 6.45) is 1.29. The third-order valence-corrected chi connectivity index (χ3v) is 7.78. The molecule has 0 aliphatic rings. The number of nitrogens with one attached hydrogen (secondary N) is 1. The minimum Gasteiger partial charge on any atom is -0.493 e. The van der Waals surface area contributed by atoms with Crippen molar-refractivity contribution in [3.8, 4) is 11.5 Å². The van der Waals surface area contributed by atoms with Gasteiger partial charge in [-0.25, -0.2) is 8.42 Å². The number of sulfonamides is 1. The number of methoxy groups -OCH3 is 2. The van der Waals surface area contributed by atoms with E-state index in [9.17, 15) is 18.0 Å². The molecule has 10 heteroatoms. The third kappa shape index (κ3) is 8.47. The highest BCUT2D eigenvalue weighted by atomic mass is 32.2. The van der Waals surface area contributed by atoms with Crippen LogP contribution in [0.4, 0.5) is 5.69 Å². The summed E-state index contributed by atoms with van der Waals surface area (Å²) in [6, 6.07) is 20.6. The first-order chi connectivity index (χ1) is 19.4. The molecule has 3 aromatic carbocycles. The van der Waals surface area contributed by atoms with Crippen LogP contribution in [0.5, 0.6) is 11.5 Å². The molecule has 0 fully saturated rings. The maximum atomic E-state index is 14.2. The molecule has 220 valence electrons. The van der Waals surface area contributed by atoms with Crippen molar-refractivity contribution < 1.29 is 27.5 Å². The van der Waals surface area contributed by atoms with Crippen LogP contribution in [0.1, 0.15) is 30.5 Å². The molecule has 0 heterocycles. The number of aryl methyl sites for hydroxylation is 1. The fraction of sp³-hybridized carbons (Fsp3) is 0.355. The second kappa shape index (κ2) is 14.0. The van der Waals surface area contributed by atoms with Crippen molar-refractivity contribution in [2.24, 2.45) is 0 Å². The van der Waals surface area contributed by atoms with E-state index in [0.29, 0.717) is 11.5 Å². The predicted molar refractivity (Wildman–Crippen MR) is 161 cm³/mol. The minimum atomic E-state index is -3.91. The molecule has 0 aliphatic heterocycles. The van der Waals surface area contributed by atoms with Crippen LogP contribution in [0.25, 0.3) is 0 Å². The number of anilines is 1. The molecule has 0 spiro atoms. The molecular weight excluding hydrogens is 542 g/mol. The van der Waals surface area contributed by atoms with E-state index in [4.69, 9.17) is 9.47 Å². The zero-order chi connectivity index (χ0) is 30.2. The number of carbonyl (C=O) groups excluding carboxylic acids is 2. The van der Waals surface area contributed by atoms with E-state index in [1.165, 1.54) is 25.2 Å². The highest BCUT2D eigenvalue weighted by Crippen LogP contribution is 2.32. The summed E-state index contributed by atoms with van der Waals surface area (Å²) >= 11 is 0. The van der Waals surface area contributed by atoms with Gasteiger partial charge >= 0.3 is 0 Å². The first-order valence-electron chi connectivity index (χ1n) is 13.3. The van der Waals surface area contributed by atoms with Gasteiger partial charge in [0.25, 0.3) is 0 Å². The Labute approximate surface area is 243 Å². The van der Waals surface area contributed by atoms with E-state index in [-0.39, 0.29) is 30.6 Å². The van der Waals surface area contributed by atoms with Gasteiger partial charge in [-0.1, -0.05) is 54.6 Å². The Morgan fingerprint density at radius 2 is 1.54 bits per heavy atom. The molecule has 3 aromatic rings. The summed E-state index contributed by atoms with van der Waals surface area (Å²) in [6.45, 7) is 5.25. The molecule has 0 saturated carbocycles. The summed E-state index contributed by atoms with van der Waals surface area (Å²) in [5, 5.41) is 2.95. The standard InChI is InChI=1S/C31H39N3O6S/c1-22(2)32-31(36)27(18-24-13-8-7-9-14-24)33(20-25-15-11-10-12-23(25)3)30(35)21-34(41(6,37)38)26-16-17-28(39-4)29(19-26)40-5/h7-17,19,22,27H,18,20-21H2,1-6H3,(H,32,36)/t27-/m1/s1. The van der Waals surface area contributed by atoms with E-state index < -0.39 is 28.5 Å². The Balaban J connectivity index is 2.09. The molecule has 0 unspecified atom stereocenters. The van der Waals surface area contributed by atoms with Gasteiger partial charge in [-0.05, 0) is 49.6 Å². The SMILES string of the molecule is COc1ccc(N(CC(=O)N(Cc2ccccc2C)[C@H](Cc2ccccc2)C(=O)NC(C)C)S(C)(=O)=O)cc1OC. The lowest BCUT2D eigenvalue weighted by Gasteiger charge is -2.34. The van der Waals surface area contributed by atoms with Crippen LogP contribution < -0.4 is 19.1 Å². The fourth-order valence-electron chi connectivity index (χ4n) is 4.50. The highest BCUT2D eigenvalue weighted by molar-refractivity contribution is 7.92. The van der Waals surface area contributed by atoms with E-state index in [0.717, 1.165) is 27.3 Å². The number of amides is 2. The van der Waals surface area contributed by atoms with Gasteiger partial charge < -0.3 is 19.7 Å². The van der Waals surface area contributed by atoms with Crippen LogP contribution in [0, 0.1) is 6.92 Å². The topological polar surface area (TPSA) is 105 Å². The van der Waals surface area contributed by atoms with Crippen molar-refractivity contribution >= 4 is 27.5 Å². The molecule has 0 aromatic heterocycles. The molecule has 0 bridgehead atoms. The lowest BCUT2D eigenvalue weighted by Crippen LogP contribution is -2.54. The average molecular weight is 582 g/mol. The first-order valence-corrected chi connectivity index (χ1v) is 15.2. The summed E-state index contributed by atoms with van der Waals surface area (Å²) in [5.41, 5.74) is 2.92. The minimum absolute atomic E-state index is 0.123. The van der Waals surface area contributed by atoms with Gasteiger partial charge in [-0.3, -0.25) is 13.9 Å².